The van der Waals surface area contributed by atoms with Crippen molar-refractivity contribution in [2.45, 2.75) is 38.5 Å². The van der Waals surface area contributed by atoms with E-state index in [0.717, 1.165) is 57.4 Å². The molecular formula is C19H27FN2O. The van der Waals surface area contributed by atoms with Crippen LogP contribution in [0.5, 0.6) is 0 Å². The summed E-state index contributed by atoms with van der Waals surface area (Å²) in [5.41, 5.74) is 1.07. The number of piperidine rings is 1. The standard InChI is InChI=1S/C19H27FN2O/c20-18-3-1-2-17(13-18)12-15-7-10-22(11-8-15)19(23)5-4-16-6-9-21-14-16/h1-3,13,15-16,21H,4-12,14H2. The Kier molecular flexibility index (Phi) is 5.65. The first kappa shape index (κ1) is 16.4. The molecule has 23 heavy (non-hydrogen) atoms. The van der Waals surface area contributed by atoms with E-state index in [1.807, 2.05) is 11.0 Å². The molecule has 1 unspecified atom stereocenters. The lowest BCUT2D eigenvalue weighted by Crippen LogP contribution is -2.39. The Morgan fingerprint density at radius 2 is 2.04 bits per heavy atom. The van der Waals surface area contributed by atoms with E-state index in [1.165, 1.54) is 12.5 Å². The highest BCUT2D eigenvalue weighted by molar-refractivity contribution is 5.76. The fourth-order valence-electron chi connectivity index (χ4n) is 3.83. The molecule has 4 heteroatoms. The van der Waals surface area contributed by atoms with Gasteiger partial charge in [-0.05, 0) is 74.7 Å². The number of halogens is 1. The summed E-state index contributed by atoms with van der Waals surface area (Å²) in [6.45, 7) is 3.90. The minimum absolute atomic E-state index is 0.156. The molecular weight excluding hydrogens is 291 g/mol. The lowest BCUT2D eigenvalue weighted by Gasteiger charge is -2.32. The summed E-state index contributed by atoms with van der Waals surface area (Å²) in [7, 11) is 0. The fraction of sp³-hybridized carbons (Fsp3) is 0.632. The van der Waals surface area contributed by atoms with Crippen LogP contribution in [-0.4, -0.2) is 37.0 Å². The number of amides is 1. The molecule has 1 atom stereocenters. The summed E-state index contributed by atoms with van der Waals surface area (Å²) in [4.78, 5) is 14.4. The molecule has 0 spiro atoms. The molecule has 0 aromatic heterocycles. The van der Waals surface area contributed by atoms with E-state index in [0.29, 0.717) is 24.2 Å². The smallest absolute Gasteiger partial charge is 0.222 e. The highest BCUT2D eigenvalue weighted by atomic mass is 19.1. The molecule has 2 heterocycles. The molecule has 0 bridgehead atoms. The van der Waals surface area contributed by atoms with Crippen LogP contribution >= 0.6 is 0 Å². The van der Waals surface area contributed by atoms with Crippen LogP contribution in [0.4, 0.5) is 4.39 Å². The monoisotopic (exact) mass is 318 g/mol. The third-order valence-electron chi connectivity index (χ3n) is 5.31. The van der Waals surface area contributed by atoms with Gasteiger partial charge in [-0.1, -0.05) is 12.1 Å². The van der Waals surface area contributed by atoms with Gasteiger partial charge in [0.1, 0.15) is 5.82 Å². The summed E-state index contributed by atoms with van der Waals surface area (Å²) in [6, 6.07) is 6.90. The predicted octanol–water partition coefficient (Wildman–Crippen LogP) is 3.00. The van der Waals surface area contributed by atoms with Crippen molar-refractivity contribution in [2.24, 2.45) is 11.8 Å². The number of nitrogens with zero attached hydrogens (tertiary/aromatic N) is 1. The summed E-state index contributed by atoms with van der Waals surface area (Å²) in [5.74, 6) is 1.42. The number of likely N-dealkylation sites (tertiary alicyclic amines) is 1. The number of benzene rings is 1. The fourth-order valence-corrected chi connectivity index (χ4v) is 3.83. The van der Waals surface area contributed by atoms with E-state index >= 15 is 0 Å². The van der Waals surface area contributed by atoms with Crippen molar-refractivity contribution in [2.75, 3.05) is 26.2 Å². The van der Waals surface area contributed by atoms with Crippen LogP contribution in [0.2, 0.25) is 0 Å². The number of rotatable bonds is 5. The number of carbonyl (C=O) groups excluding carboxylic acids is 1. The third-order valence-corrected chi connectivity index (χ3v) is 5.31. The van der Waals surface area contributed by atoms with Crippen molar-refractivity contribution in [3.8, 4) is 0 Å². The zero-order chi connectivity index (χ0) is 16.1. The van der Waals surface area contributed by atoms with Gasteiger partial charge in [-0.2, -0.15) is 0 Å². The Morgan fingerprint density at radius 1 is 1.22 bits per heavy atom. The minimum Gasteiger partial charge on any atom is -0.343 e. The van der Waals surface area contributed by atoms with Gasteiger partial charge in [-0.3, -0.25) is 4.79 Å². The molecule has 3 rings (SSSR count). The van der Waals surface area contributed by atoms with Crippen molar-refractivity contribution in [3.63, 3.8) is 0 Å². The maximum Gasteiger partial charge on any atom is 0.222 e. The average Bonchev–Trinajstić information content (AvgIpc) is 3.07. The lowest BCUT2D eigenvalue weighted by atomic mass is 9.90. The van der Waals surface area contributed by atoms with Crippen LogP contribution in [0.15, 0.2) is 24.3 Å². The highest BCUT2D eigenvalue weighted by Gasteiger charge is 2.24. The molecule has 0 aliphatic carbocycles. The third kappa shape index (κ3) is 4.77. The first-order chi connectivity index (χ1) is 11.2. The summed E-state index contributed by atoms with van der Waals surface area (Å²) >= 11 is 0. The Bertz CT molecular complexity index is 520. The molecule has 1 aromatic carbocycles. The minimum atomic E-state index is -0.156. The number of hydrogen-bond donors (Lipinski definition) is 1. The van der Waals surface area contributed by atoms with Gasteiger partial charge in [0.25, 0.3) is 0 Å². The van der Waals surface area contributed by atoms with Crippen molar-refractivity contribution >= 4 is 5.91 Å². The molecule has 2 aliphatic rings. The molecule has 126 valence electrons. The van der Waals surface area contributed by atoms with Crippen molar-refractivity contribution in [1.82, 2.24) is 10.2 Å². The summed E-state index contributed by atoms with van der Waals surface area (Å²) < 4.78 is 13.2. The Hall–Kier alpha value is -1.42. The van der Waals surface area contributed by atoms with Gasteiger partial charge in [0.05, 0.1) is 0 Å². The van der Waals surface area contributed by atoms with Gasteiger partial charge in [0, 0.05) is 19.5 Å². The SMILES string of the molecule is O=C(CCC1CCNC1)N1CCC(Cc2cccc(F)c2)CC1. The molecule has 3 nitrogen and oxygen atoms in total. The summed E-state index contributed by atoms with van der Waals surface area (Å²) in [6.07, 6.45) is 5.92. The van der Waals surface area contributed by atoms with E-state index < -0.39 is 0 Å². The van der Waals surface area contributed by atoms with E-state index in [-0.39, 0.29) is 5.82 Å². The molecule has 2 saturated heterocycles. The second kappa shape index (κ2) is 7.91. The predicted molar refractivity (Wildman–Crippen MR) is 89.6 cm³/mol. The molecule has 0 radical (unpaired) electrons. The molecule has 1 aromatic rings. The first-order valence-corrected chi connectivity index (χ1v) is 8.93. The van der Waals surface area contributed by atoms with E-state index in [9.17, 15) is 9.18 Å². The van der Waals surface area contributed by atoms with Crippen LogP contribution < -0.4 is 5.32 Å². The van der Waals surface area contributed by atoms with Gasteiger partial charge in [0.15, 0.2) is 0 Å². The van der Waals surface area contributed by atoms with Crippen LogP contribution in [0, 0.1) is 17.7 Å². The normalized spacial score (nSPS) is 22.5. The summed E-state index contributed by atoms with van der Waals surface area (Å²) in [5, 5.41) is 3.36. The second-order valence-electron chi connectivity index (χ2n) is 7.06. The highest BCUT2D eigenvalue weighted by Crippen LogP contribution is 2.23. The van der Waals surface area contributed by atoms with Gasteiger partial charge < -0.3 is 10.2 Å². The number of carbonyl (C=O) groups is 1. The zero-order valence-corrected chi connectivity index (χ0v) is 13.8. The molecule has 0 saturated carbocycles. The Labute approximate surface area is 138 Å². The molecule has 2 aliphatic heterocycles. The lowest BCUT2D eigenvalue weighted by molar-refractivity contribution is -0.132. The molecule has 1 amide bonds. The van der Waals surface area contributed by atoms with Gasteiger partial charge in [0.2, 0.25) is 5.91 Å². The van der Waals surface area contributed by atoms with Crippen LogP contribution in [0.1, 0.15) is 37.7 Å². The van der Waals surface area contributed by atoms with Crippen molar-refractivity contribution in [3.05, 3.63) is 35.6 Å². The molecule has 1 N–H and O–H groups in total. The van der Waals surface area contributed by atoms with Gasteiger partial charge in [-0.25, -0.2) is 4.39 Å². The van der Waals surface area contributed by atoms with E-state index in [2.05, 4.69) is 5.32 Å². The van der Waals surface area contributed by atoms with Crippen molar-refractivity contribution < 1.29 is 9.18 Å². The second-order valence-corrected chi connectivity index (χ2v) is 7.06. The van der Waals surface area contributed by atoms with Crippen LogP contribution in [0.25, 0.3) is 0 Å². The molecule has 2 fully saturated rings. The van der Waals surface area contributed by atoms with Crippen molar-refractivity contribution in [1.29, 1.82) is 0 Å². The van der Waals surface area contributed by atoms with Gasteiger partial charge >= 0.3 is 0 Å². The van der Waals surface area contributed by atoms with E-state index in [4.69, 9.17) is 0 Å². The zero-order valence-electron chi connectivity index (χ0n) is 13.8. The first-order valence-electron chi connectivity index (χ1n) is 8.93. The largest absolute Gasteiger partial charge is 0.343 e. The van der Waals surface area contributed by atoms with Crippen LogP contribution in [0.3, 0.4) is 0 Å². The number of hydrogen-bond acceptors (Lipinski definition) is 2. The number of nitrogens with one attached hydrogen (secondary N) is 1. The maximum atomic E-state index is 13.2. The van der Waals surface area contributed by atoms with Crippen LogP contribution in [-0.2, 0) is 11.2 Å². The van der Waals surface area contributed by atoms with E-state index in [1.54, 1.807) is 12.1 Å². The average molecular weight is 318 g/mol. The quantitative estimate of drug-likeness (QED) is 0.905. The Morgan fingerprint density at radius 3 is 2.74 bits per heavy atom. The topological polar surface area (TPSA) is 32.3 Å². The van der Waals surface area contributed by atoms with Gasteiger partial charge in [-0.15, -0.1) is 0 Å². The maximum absolute atomic E-state index is 13.2. The Balaban J connectivity index is 1.40.